The fraction of sp³-hybridized carbons (Fsp3) is 0.846. The van der Waals surface area contributed by atoms with Gasteiger partial charge in [0.25, 0.3) is 0 Å². The second-order valence-corrected chi connectivity index (χ2v) is 5.50. The normalized spacial score (nSPS) is 32.1. The molecule has 2 fully saturated rings. The van der Waals surface area contributed by atoms with E-state index in [4.69, 9.17) is 5.73 Å². The van der Waals surface area contributed by atoms with Crippen LogP contribution in [-0.2, 0) is 9.59 Å². The maximum absolute atomic E-state index is 12.3. The van der Waals surface area contributed by atoms with Gasteiger partial charge in [0.15, 0.2) is 0 Å². The van der Waals surface area contributed by atoms with Gasteiger partial charge in [-0.2, -0.15) is 0 Å². The molecule has 3 unspecified atom stereocenters. The van der Waals surface area contributed by atoms with E-state index in [1.54, 1.807) is 0 Å². The first-order valence-corrected chi connectivity index (χ1v) is 6.87. The van der Waals surface area contributed by atoms with Gasteiger partial charge < -0.3 is 16.0 Å². The topological polar surface area (TPSA) is 75.4 Å². The highest BCUT2D eigenvalue weighted by Gasteiger charge is 2.35. The van der Waals surface area contributed by atoms with E-state index in [1.807, 2.05) is 11.9 Å². The van der Waals surface area contributed by atoms with Crippen molar-refractivity contribution in [2.45, 2.75) is 38.1 Å². The van der Waals surface area contributed by atoms with Crippen LogP contribution in [0.3, 0.4) is 0 Å². The predicted molar refractivity (Wildman–Crippen MR) is 68.7 cm³/mol. The molecule has 0 bridgehead atoms. The van der Waals surface area contributed by atoms with Gasteiger partial charge in [0.1, 0.15) is 0 Å². The van der Waals surface area contributed by atoms with Crippen LogP contribution in [0, 0.1) is 11.8 Å². The molecule has 18 heavy (non-hydrogen) atoms. The SMILES string of the molecule is CN(C(=O)C1CNC(=O)C1)C1CCCCC1CN. The molecule has 0 radical (unpaired) electrons. The molecule has 0 spiro atoms. The summed E-state index contributed by atoms with van der Waals surface area (Å²) in [4.78, 5) is 25.4. The zero-order chi connectivity index (χ0) is 13.1. The molecule has 1 saturated carbocycles. The van der Waals surface area contributed by atoms with Gasteiger partial charge in [-0.25, -0.2) is 0 Å². The van der Waals surface area contributed by atoms with Crippen LogP contribution in [0.4, 0.5) is 0 Å². The molecule has 3 atom stereocenters. The van der Waals surface area contributed by atoms with Gasteiger partial charge in [-0.15, -0.1) is 0 Å². The van der Waals surface area contributed by atoms with E-state index in [0.29, 0.717) is 25.4 Å². The van der Waals surface area contributed by atoms with E-state index in [-0.39, 0.29) is 23.8 Å². The summed E-state index contributed by atoms with van der Waals surface area (Å²) in [5.74, 6) is 0.320. The van der Waals surface area contributed by atoms with Crippen molar-refractivity contribution in [1.29, 1.82) is 0 Å². The van der Waals surface area contributed by atoms with Crippen molar-refractivity contribution in [3.63, 3.8) is 0 Å². The molecule has 0 aromatic heterocycles. The van der Waals surface area contributed by atoms with Crippen LogP contribution in [0.25, 0.3) is 0 Å². The van der Waals surface area contributed by atoms with Gasteiger partial charge in [-0.3, -0.25) is 9.59 Å². The quantitative estimate of drug-likeness (QED) is 0.749. The third kappa shape index (κ3) is 2.66. The highest BCUT2D eigenvalue weighted by atomic mass is 16.2. The monoisotopic (exact) mass is 253 g/mol. The lowest BCUT2D eigenvalue weighted by Gasteiger charge is -2.38. The molecule has 1 aliphatic heterocycles. The van der Waals surface area contributed by atoms with Crippen LogP contribution in [0.5, 0.6) is 0 Å². The van der Waals surface area contributed by atoms with Crippen molar-refractivity contribution in [3.05, 3.63) is 0 Å². The van der Waals surface area contributed by atoms with Crippen LogP contribution >= 0.6 is 0 Å². The van der Waals surface area contributed by atoms with E-state index < -0.39 is 0 Å². The van der Waals surface area contributed by atoms with E-state index in [0.717, 1.165) is 12.8 Å². The molecule has 3 N–H and O–H groups in total. The van der Waals surface area contributed by atoms with E-state index in [2.05, 4.69) is 5.32 Å². The number of hydrogen-bond donors (Lipinski definition) is 2. The fourth-order valence-corrected chi connectivity index (χ4v) is 3.20. The Morgan fingerprint density at radius 3 is 2.78 bits per heavy atom. The Bertz CT molecular complexity index is 332. The first kappa shape index (κ1) is 13.3. The molecule has 5 heteroatoms. The molecular formula is C13H23N3O2. The van der Waals surface area contributed by atoms with Gasteiger partial charge in [-0.05, 0) is 25.3 Å². The van der Waals surface area contributed by atoms with Gasteiger partial charge in [0.05, 0.1) is 5.92 Å². The van der Waals surface area contributed by atoms with Gasteiger partial charge >= 0.3 is 0 Å². The second kappa shape index (κ2) is 5.69. The first-order valence-electron chi connectivity index (χ1n) is 6.87. The van der Waals surface area contributed by atoms with Crippen LogP contribution in [0.2, 0.25) is 0 Å². The van der Waals surface area contributed by atoms with Crippen molar-refractivity contribution < 1.29 is 9.59 Å². The number of nitrogens with one attached hydrogen (secondary N) is 1. The summed E-state index contributed by atoms with van der Waals surface area (Å²) < 4.78 is 0. The molecule has 0 aromatic carbocycles. The third-order valence-electron chi connectivity index (χ3n) is 4.34. The van der Waals surface area contributed by atoms with Crippen molar-refractivity contribution in [2.24, 2.45) is 17.6 Å². The maximum Gasteiger partial charge on any atom is 0.227 e. The number of nitrogens with zero attached hydrogens (tertiary/aromatic N) is 1. The van der Waals surface area contributed by atoms with E-state index in [9.17, 15) is 9.59 Å². The smallest absolute Gasteiger partial charge is 0.227 e. The van der Waals surface area contributed by atoms with Gasteiger partial charge in [-0.1, -0.05) is 12.8 Å². The van der Waals surface area contributed by atoms with Crippen molar-refractivity contribution in [1.82, 2.24) is 10.2 Å². The number of hydrogen-bond acceptors (Lipinski definition) is 3. The van der Waals surface area contributed by atoms with E-state index >= 15 is 0 Å². The minimum Gasteiger partial charge on any atom is -0.355 e. The Hall–Kier alpha value is -1.10. The average Bonchev–Trinajstić information content (AvgIpc) is 2.83. The summed E-state index contributed by atoms with van der Waals surface area (Å²) in [5.41, 5.74) is 5.80. The van der Waals surface area contributed by atoms with Crippen LogP contribution in [0.1, 0.15) is 32.1 Å². The van der Waals surface area contributed by atoms with Gasteiger partial charge in [0.2, 0.25) is 11.8 Å². The standard InChI is InChI=1S/C13H23N3O2/c1-16(11-5-3-2-4-9(11)7-14)13(18)10-6-12(17)15-8-10/h9-11H,2-8,14H2,1H3,(H,15,17). The number of amides is 2. The molecule has 2 rings (SSSR count). The second-order valence-electron chi connectivity index (χ2n) is 5.50. The Labute approximate surface area is 108 Å². The first-order chi connectivity index (χ1) is 8.63. The molecule has 2 amide bonds. The molecule has 5 nitrogen and oxygen atoms in total. The number of nitrogens with two attached hydrogens (primary N) is 1. The Morgan fingerprint density at radius 2 is 2.17 bits per heavy atom. The Morgan fingerprint density at radius 1 is 1.44 bits per heavy atom. The Balaban J connectivity index is 1.98. The maximum atomic E-state index is 12.3. The summed E-state index contributed by atoms with van der Waals surface area (Å²) >= 11 is 0. The van der Waals surface area contributed by atoms with Crippen molar-refractivity contribution >= 4 is 11.8 Å². The van der Waals surface area contributed by atoms with Gasteiger partial charge in [0, 0.05) is 26.1 Å². The molecule has 1 heterocycles. The number of carbonyl (C=O) groups is 2. The van der Waals surface area contributed by atoms with E-state index in [1.165, 1.54) is 12.8 Å². The molecule has 0 aromatic rings. The fourth-order valence-electron chi connectivity index (χ4n) is 3.20. The molecule has 2 aliphatic rings. The minimum absolute atomic E-state index is 0.0132. The Kier molecular flexibility index (Phi) is 4.22. The summed E-state index contributed by atoms with van der Waals surface area (Å²) in [6, 6.07) is 0.256. The van der Waals surface area contributed by atoms with Crippen LogP contribution < -0.4 is 11.1 Å². The molecule has 1 saturated heterocycles. The predicted octanol–water partition coefficient (Wildman–Crippen LogP) is 0.0984. The zero-order valence-electron chi connectivity index (χ0n) is 11.0. The summed E-state index contributed by atoms with van der Waals surface area (Å²) in [6.07, 6.45) is 4.87. The largest absolute Gasteiger partial charge is 0.355 e. The number of carbonyl (C=O) groups excluding carboxylic acids is 2. The zero-order valence-corrected chi connectivity index (χ0v) is 11.0. The average molecular weight is 253 g/mol. The molecule has 1 aliphatic carbocycles. The molecule has 102 valence electrons. The van der Waals surface area contributed by atoms with Crippen LogP contribution in [0.15, 0.2) is 0 Å². The summed E-state index contributed by atoms with van der Waals surface area (Å²) in [7, 11) is 1.86. The molecular weight excluding hydrogens is 230 g/mol. The number of rotatable bonds is 3. The highest BCUT2D eigenvalue weighted by molar-refractivity contribution is 5.89. The highest BCUT2D eigenvalue weighted by Crippen LogP contribution is 2.28. The summed E-state index contributed by atoms with van der Waals surface area (Å²) in [6.45, 7) is 1.13. The van der Waals surface area contributed by atoms with Crippen molar-refractivity contribution in [2.75, 3.05) is 20.1 Å². The van der Waals surface area contributed by atoms with Crippen molar-refractivity contribution in [3.8, 4) is 0 Å². The third-order valence-corrected chi connectivity index (χ3v) is 4.34. The minimum atomic E-state index is -0.178. The summed E-state index contributed by atoms with van der Waals surface area (Å²) in [5, 5.41) is 2.72. The van der Waals surface area contributed by atoms with Crippen LogP contribution in [-0.4, -0.2) is 42.9 Å². The lowest BCUT2D eigenvalue weighted by atomic mass is 9.83. The lowest BCUT2D eigenvalue weighted by Crippen LogP contribution is -2.48. The lowest BCUT2D eigenvalue weighted by molar-refractivity contribution is -0.138.